The molecule has 0 aliphatic carbocycles. The zero-order valence-corrected chi connectivity index (χ0v) is 21.0. The van der Waals surface area contributed by atoms with E-state index in [9.17, 15) is 26.4 Å². The molecule has 0 aliphatic rings. The van der Waals surface area contributed by atoms with Gasteiger partial charge in [0.25, 0.3) is 32.1 Å². The van der Waals surface area contributed by atoms with Gasteiger partial charge in [0, 0.05) is 16.5 Å². The van der Waals surface area contributed by atoms with Crippen molar-refractivity contribution >= 4 is 54.9 Å². The van der Waals surface area contributed by atoms with E-state index in [0.29, 0.717) is 23.7 Å². The lowest BCUT2D eigenvalue weighted by atomic mass is 9.97. The normalized spacial score (nSPS) is 10.7. The highest BCUT2D eigenvalue weighted by atomic mass is 32.2. The van der Waals surface area contributed by atoms with Crippen LogP contribution in [0.25, 0.3) is 22.1 Å². The number of hydrogen-bond donors (Lipinski definition) is 6. The lowest BCUT2D eigenvalue weighted by Gasteiger charge is -2.08. The maximum absolute atomic E-state index is 12.3. The summed E-state index contributed by atoms with van der Waals surface area (Å²) in [5.41, 5.74) is 23.3. The number of fused-ring (bicyclic) bond motifs is 1. The molecule has 0 unspecified atom stereocenters. The zero-order valence-electron chi connectivity index (χ0n) is 19.4. The molecule has 37 heavy (non-hydrogen) atoms. The number of nitrogens with zero attached hydrogens (tertiary/aromatic N) is 2. The van der Waals surface area contributed by atoms with E-state index in [-0.39, 0.29) is 23.0 Å². The van der Waals surface area contributed by atoms with Gasteiger partial charge in [0.2, 0.25) is 0 Å². The molecule has 0 saturated carbocycles. The fourth-order valence-electron chi connectivity index (χ4n) is 2.64. The maximum Gasteiger partial charge on any atom is 0.280 e. The third kappa shape index (κ3) is 12.3. The summed E-state index contributed by atoms with van der Waals surface area (Å²) in [6, 6.07) is 11.7. The van der Waals surface area contributed by atoms with E-state index in [1.54, 1.807) is 36.6 Å². The summed E-state index contributed by atoms with van der Waals surface area (Å²) in [6.07, 6.45) is 2.98. The van der Waals surface area contributed by atoms with Crippen LogP contribution in [0.3, 0.4) is 0 Å². The van der Waals surface area contributed by atoms with Gasteiger partial charge in [-0.1, -0.05) is 12.1 Å². The van der Waals surface area contributed by atoms with Gasteiger partial charge in [0.1, 0.15) is 5.58 Å². The van der Waals surface area contributed by atoms with Gasteiger partial charge >= 0.3 is 0 Å². The van der Waals surface area contributed by atoms with Gasteiger partial charge in [-0.25, -0.2) is 0 Å². The van der Waals surface area contributed by atoms with E-state index in [2.05, 4.69) is 9.98 Å². The topological polar surface area (TPSA) is 285 Å². The van der Waals surface area contributed by atoms with Crippen LogP contribution in [0, 0.1) is 0 Å². The SMILES string of the molecule is CS(=O)(=O)O.CS(=O)(=O)O.NC(N)=NC(=O)c1cc(C(=O)N=C(N)N)cc(-c2cccc3occc23)c1. The van der Waals surface area contributed by atoms with Crippen molar-refractivity contribution in [2.75, 3.05) is 12.5 Å². The Bertz CT molecular complexity index is 1470. The summed E-state index contributed by atoms with van der Waals surface area (Å²) in [5.74, 6) is -2.18. The lowest BCUT2D eigenvalue weighted by Crippen LogP contribution is -2.24. The molecule has 0 saturated heterocycles. The van der Waals surface area contributed by atoms with Gasteiger partial charge in [-0.3, -0.25) is 18.7 Å². The van der Waals surface area contributed by atoms with E-state index in [1.807, 2.05) is 6.07 Å². The van der Waals surface area contributed by atoms with Gasteiger partial charge in [-0.2, -0.15) is 26.8 Å². The second-order valence-electron chi connectivity index (χ2n) is 7.09. The molecule has 10 N–H and O–H groups in total. The molecular formula is C20H24N6O9S2. The van der Waals surface area contributed by atoms with E-state index < -0.39 is 32.1 Å². The van der Waals surface area contributed by atoms with Gasteiger partial charge in [0.15, 0.2) is 11.9 Å². The summed E-state index contributed by atoms with van der Waals surface area (Å²) < 4.78 is 57.1. The number of guanidine groups is 2. The number of aliphatic imine (C=N–C) groups is 2. The highest BCUT2D eigenvalue weighted by molar-refractivity contribution is 7.85. The van der Waals surface area contributed by atoms with Crippen LogP contribution in [0.1, 0.15) is 20.7 Å². The molecule has 0 atom stereocenters. The Morgan fingerprint density at radius 2 is 1.22 bits per heavy atom. The van der Waals surface area contributed by atoms with Crippen LogP contribution in [0.5, 0.6) is 0 Å². The average molecular weight is 557 g/mol. The first-order valence-corrected chi connectivity index (χ1v) is 13.3. The van der Waals surface area contributed by atoms with Crippen molar-refractivity contribution in [2.45, 2.75) is 0 Å². The third-order valence-corrected chi connectivity index (χ3v) is 3.70. The first kappa shape index (κ1) is 30.7. The molecule has 15 nitrogen and oxygen atoms in total. The summed E-state index contributed by atoms with van der Waals surface area (Å²) in [5, 5.41) is 0.809. The number of amides is 2. The van der Waals surface area contributed by atoms with Crippen LogP contribution in [-0.4, -0.2) is 62.2 Å². The van der Waals surface area contributed by atoms with Crippen LogP contribution >= 0.6 is 0 Å². The Hall–Kier alpha value is -4.32. The van der Waals surface area contributed by atoms with E-state index in [4.69, 9.17) is 36.5 Å². The fraction of sp³-hybridized carbons (Fsp3) is 0.100. The molecule has 0 radical (unpaired) electrons. The van der Waals surface area contributed by atoms with Crippen molar-refractivity contribution in [1.29, 1.82) is 0 Å². The first-order valence-electron chi connectivity index (χ1n) is 9.59. The van der Waals surface area contributed by atoms with Crippen molar-refractivity contribution in [1.82, 2.24) is 0 Å². The second-order valence-corrected chi connectivity index (χ2v) is 10.0. The Balaban J connectivity index is 0.000000583. The molecule has 3 aromatic rings. The third-order valence-electron chi connectivity index (χ3n) is 3.70. The Morgan fingerprint density at radius 1 is 0.784 bits per heavy atom. The fourth-order valence-corrected chi connectivity index (χ4v) is 2.64. The summed E-state index contributed by atoms with van der Waals surface area (Å²) >= 11 is 0. The summed E-state index contributed by atoms with van der Waals surface area (Å²) in [4.78, 5) is 31.6. The van der Waals surface area contributed by atoms with E-state index in [1.165, 1.54) is 6.07 Å². The predicted octanol–water partition coefficient (Wildman–Crippen LogP) is -0.0650. The number of nitrogens with two attached hydrogens (primary N) is 4. The number of carbonyl (C=O) groups is 2. The van der Waals surface area contributed by atoms with Crippen LogP contribution in [0.15, 0.2) is 63.1 Å². The average Bonchev–Trinajstić information content (AvgIpc) is 3.19. The first-order chi connectivity index (χ1) is 16.8. The molecule has 2 amide bonds. The summed E-state index contributed by atoms with van der Waals surface area (Å²) in [6.45, 7) is 0. The van der Waals surface area contributed by atoms with Crippen LogP contribution in [0.4, 0.5) is 0 Å². The van der Waals surface area contributed by atoms with Gasteiger partial charge < -0.3 is 27.4 Å². The van der Waals surface area contributed by atoms with Gasteiger partial charge in [-0.15, -0.1) is 0 Å². The lowest BCUT2D eigenvalue weighted by molar-refractivity contribution is 0.100. The zero-order chi connectivity index (χ0) is 28.6. The minimum Gasteiger partial charge on any atom is -0.464 e. The Labute approximate surface area is 211 Å². The van der Waals surface area contributed by atoms with Crippen LogP contribution in [0.2, 0.25) is 0 Å². The predicted molar refractivity (Wildman–Crippen MR) is 137 cm³/mol. The van der Waals surface area contributed by atoms with E-state index in [0.717, 1.165) is 10.9 Å². The smallest absolute Gasteiger partial charge is 0.280 e. The van der Waals surface area contributed by atoms with Crippen molar-refractivity contribution < 1.29 is 39.9 Å². The number of benzene rings is 2. The molecule has 0 fully saturated rings. The van der Waals surface area contributed by atoms with Crippen molar-refractivity contribution in [3.8, 4) is 11.1 Å². The number of hydrogen-bond acceptors (Lipinski definition) is 7. The minimum absolute atomic E-state index is 0.107. The highest BCUT2D eigenvalue weighted by Gasteiger charge is 2.15. The molecule has 0 bridgehead atoms. The Kier molecular flexibility index (Phi) is 10.4. The molecule has 2 aromatic carbocycles. The van der Waals surface area contributed by atoms with Crippen LogP contribution < -0.4 is 22.9 Å². The molecule has 17 heteroatoms. The molecule has 200 valence electrons. The minimum atomic E-state index is -3.67. The number of rotatable bonds is 3. The standard InChI is InChI=1S/C18H16N6O3.2CH4O3S/c19-17(20)23-15(25)10-6-9(7-11(8-10)16(26)24-18(21)22)12-2-1-3-14-13(12)4-5-27-14;2*1-5(2,3)4/h1-8H,(H4,19,20,23,25)(H4,21,22,24,26);2*1H3,(H,2,3,4). The van der Waals surface area contributed by atoms with Crippen molar-refractivity contribution in [3.63, 3.8) is 0 Å². The van der Waals surface area contributed by atoms with Crippen molar-refractivity contribution in [2.24, 2.45) is 32.9 Å². The van der Waals surface area contributed by atoms with Gasteiger partial charge in [-0.05, 0) is 41.5 Å². The largest absolute Gasteiger partial charge is 0.464 e. The second kappa shape index (κ2) is 12.6. The maximum atomic E-state index is 12.3. The molecule has 0 aliphatic heterocycles. The van der Waals surface area contributed by atoms with Crippen molar-refractivity contribution in [3.05, 3.63) is 59.9 Å². The van der Waals surface area contributed by atoms with Gasteiger partial charge in [0.05, 0.1) is 18.8 Å². The van der Waals surface area contributed by atoms with Crippen LogP contribution in [-0.2, 0) is 20.2 Å². The number of furan rings is 1. The highest BCUT2D eigenvalue weighted by Crippen LogP contribution is 2.31. The number of carbonyl (C=O) groups excluding carboxylic acids is 2. The molecule has 1 heterocycles. The molecule has 0 spiro atoms. The Morgan fingerprint density at radius 3 is 1.62 bits per heavy atom. The molecule has 3 rings (SSSR count). The summed E-state index contributed by atoms with van der Waals surface area (Å²) in [7, 11) is -7.33. The quantitative estimate of drug-likeness (QED) is 0.140. The monoisotopic (exact) mass is 556 g/mol. The molecular weight excluding hydrogens is 532 g/mol. The van der Waals surface area contributed by atoms with E-state index >= 15 is 0 Å². The molecule has 1 aromatic heterocycles.